The first-order chi connectivity index (χ1) is 22.4. The molecule has 7 heterocycles. The summed E-state index contributed by atoms with van der Waals surface area (Å²) in [5, 5.41) is 24.7. The number of hydrazine groups is 1. The molecule has 6 aliphatic heterocycles. The molecule has 46 heavy (non-hydrogen) atoms. The molecule has 0 radical (unpaired) electrons. The highest BCUT2D eigenvalue weighted by Crippen LogP contribution is 2.34. The average molecular weight is 633 g/mol. The lowest BCUT2D eigenvalue weighted by Gasteiger charge is -2.50. The van der Waals surface area contributed by atoms with Crippen molar-refractivity contribution in [3.63, 3.8) is 0 Å². The second-order valence-electron chi connectivity index (χ2n) is 14.0. The second kappa shape index (κ2) is 12.5. The first-order valence-electron chi connectivity index (χ1n) is 17.3. The SMILES string of the molecule is CC(C)N1CCC(n2ncc3cc(NC4NCC5C(=O)N6C/C=C\CCCN7C(=O)COC8CCC(NC87)N6C5N4)ccc32)CC1. The number of nitrogens with one attached hydrogen (secondary N) is 4. The highest BCUT2D eigenvalue weighted by Gasteiger charge is 2.53. The number of ether oxygens (including phenoxy) is 1. The third-order valence-electron chi connectivity index (χ3n) is 10.9. The molecular weight excluding hydrogens is 584 g/mol. The highest BCUT2D eigenvalue weighted by atomic mass is 16.5. The van der Waals surface area contributed by atoms with Gasteiger partial charge in [0.1, 0.15) is 19.1 Å². The van der Waals surface area contributed by atoms with Crippen LogP contribution in [0.25, 0.3) is 10.9 Å². The van der Waals surface area contributed by atoms with E-state index in [0.29, 0.717) is 31.7 Å². The number of amides is 2. The number of fused-ring (bicyclic) bond motifs is 6. The van der Waals surface area contributed by atoms with Crippen molar-refractivity contribution in [3.8, 4) is 0 Å². The number of carbonyl (C=O) groups is 2. The maximum absolute atomic E-state index is 13.8. The molecule has 13 nitrogen and oxygen atoms in total. The van der Waals surface area contributed by atoms with Crippen LogP contribution in [0.1, 0.15) is 58.4 Å². The molecule has 6 aliphatic rings. The third-order valence-corrected chi connectivity index (χ3v) is 10.9. The third kappa shape index (κ3) is 5.50. The van der Waals surface area contributed by atoms with Crippen molar-refractivity contribution in [1.29, 1.82) is 0 Å². The van der Waals surface area contributed by atoms with E-state index in [4.69, 9.17) is 9.84 Å². The fourth-order valence-electron chi connectivity index (χ4n) is 8.42. The summed E-state index contributed by atoms with van der Waals surface area (Å²) < 4.78 is 8.18. The van der Waals surface area contributed by atoms with Crippen molar-refractivity contribution < 1.29 is 14.3 Å². The zero-order chi connectivity index (χ0) is 31.4. The fraction of sp³-hybridized carbons (Fsp3) is 0.667. The van der Waals surface area contributed by atoms with Gasteiger partial charge in [0.05, 0.1) is 48.7 Å². The number of anilines is 1. The van der Waals surface area contributed by atoms with Crippen LogP contribution in [0, 0.1) is 5.92 Å². The molecular formula is C33H48N10O3. The number of morpholine rings is 1. The summed E-state index contributed by atoms with van der Waals surface area (Å²) in [5.74, 6) is -0.0693. The molecule has 13 heteroatoms. The fourth-order valence-corrected chi connectivity index (χ4v) is 8.42. The van der Waals surface area contributed by atoms with Crippen LogP contribution >= 0.6 is 0 Å². The molecule has 2 aromatic rings. The summed E-state index contributed by atoms with van der Waals surface area (Å²) in [6.07, 6.45) is 11.1. The summed E-state index contributed by atoms with van der Waals surface area (Å²) >= 11 is 0. The molecule has 4 N–H and O–H groups in total. The Balaban J connectivity index is 0.991. The Morgan fingerprint density at radius 1 is 1.02 bits per heavy atom. The molecule has 0 aliphatic carbocycles. The molecule has 248 valence electrons. The Labute approximate surface area is 270 Å². The van der Waals surface area contributed by atoms with Gasteiger partial charge in [0.15, 0.2) is 0 Å². The maximum Gasteiger partial charge on any atom is 0.249 e. The van der Waals surface area contributed by atoms with Crippen LogP contribution < -0.4 is 21.3 Å². The van der Waals surface area contributed by atoms with E-state index in [0.717, 1.165) is 62.7 Å². The van der Waals surface area contributed by atoms with Gasteiger partial charge in [0, 0.05) is 43.3 Å². The Morgan fingerprint density at radius 2 is 1.89 bits per heavy atom. The van der Waals surface area contributed by atoms with Gasteiger partial charge in [-0.3, -0.25) is 35.2 Å². The lowest BCUT2D eigenvalue weighted by molar-refractivity contribution is -0.176. The largest absolute Gasteiger partial charge is 0.365 e. The predicted octanol–water partition coefficient (Wildman–Crippen LogP) is 1.58. The minimum Gasteiger partial charge on any atom is -0.365 e. The number of rotatable bonds is 4. The van der Waals surface area contributed by atoms with Gasteiger partial charge in [-0.2, -0.15) is 10.1 Å². The maximum atomic E-state index is 13.8. The van der Waals surface area contributed by atoms with E-state index in [-0.39, 0.29) is 55.2 Å². The van der Waals surface area contributed by atoms with Gasteiger partial charge >= 0.3 is 0 Å². The Hall–Kier alpha value is -3.07. The number of likely N-dealkylation sites (tertiary alicyclic amines) is 1. The lowest BCUT2D eigenvalue weighted by atomic mass is 9.99. The van der Waals surface area contributed by atoms with Crippen LogP contribution in [0.15, 0.2) is 36.5 Å². The molecule has 2 amide bonds. The molecule has 5 fully saturated rings. The summed E-state index contributed by atoms with van der Waals surface area (Å²) in [7, 11) is 0. The second-order valence-corrected chi connectivity index (χ2v) is 14.0. The van der Waals surface area contributed by atoms with E-state index in [1.54, 1.807) is 0 Å². The molecule has 0 saturated carbocycles. The van der Waals surface area contributed by atoms with Crippen LogP contribution in [0.4, 0.5) is 5.69 Å². The van der Waals surface area contributed by atoms with Gasteiger partial charge in [-0.25, -0.2) is 0 Å². The number of aromatic nitrogens is 2. The zero-order valence-electron chi connectivity index (χ0n) is 27.0. The molecule has 2 bridgehead atoms. The topological polar surface area (TPSA) is 122 Å². The Bertz CT molecular complexity index is 1470. The lowest BCUT2D eigenvalue weighted by Crippen LogP contribution is -2.72. The standard InChI is InChI=1S/C33H48N10O3/c1-21(2)39-15-11-24(12-16-39)42-26-8-7-23(17-22(26)18-35-42)36-33-34-19-25-30(38-33)43-28-10-9-27-31(37-28)40(29(44)20-46-27)13-5-3-4-6-14-41(43)32(25)45/h4,6-8,17-18,21,24-25,27-28,30-31,33-34,36-38H,3,5,9-16,19-20H2,1-2H3/b6-4-. The van der Waals surface area contributed by atoms with E-state index in [2.05, 4.69) is 80.1 Å². The van der Waals surface area contributed by atoms with Gasteiger partial charge in [0.2, 0.25) is 11.8 Å². The van der Waals surface area contributed by atoms with Crippen molar-refractivity contribution in [2.45, 2.75) is 95.3 Å². The number of benzene rings is 1. The monoisotopic (exact) mass is 632 g/mol. The smallest absolute Gasteiger partial charge is 0.249 e. The van der Waals surface area contributed by atoms with Gasteiger partial charge in [-0.05, 0) is 70.6 Å². The molecule has 1 aromatic heterocycles. The van der Waals surface area contributed by atoms with Crippen molar-refractivity contribution in [3.05, 3.63) is 36.5 Å². The van der Waals surface area contributed by atoms with Gasteiger partial charge < -0.3 is 19.9 Å². The van der Waals surface area contributed by atoms with E-state index >= 15 is 0 Å². The molecule has 8 rings (SSSR count). The number of carbonyl (C=O) groups excluding carboxylic acids is 2. The number of hydrogen-bond donors (Lipinski definition) is 4. The Morgan fingerprint density at radius 3 is 2.74 bits per heavy atom. The molecule has 6 unspecified atom stereocenters. The number of hydrogen-bond acceptors (Lipinski definition) is 10. The summed E-state index contributed by atoms with van der Waals surface area (Å²) in [4.78, 5) is 31.2. The molecule has 5 saturated heterocycles. The van der Waals surface area contributed by atoms with Gasteiger partial charge in [0.25, 0.3) is 0 Å². The average Bonchev–Trinajstić information content (AvgIpc) is 3.60. The van der Waals surface area contributed by atoms with Crippen LogP contribution in [0.3, 0.4) is 0 Å². The molecule has 1 aromatic carbocycles. The van der Waals surface area contributed by atoms with Crippen molar-refractivity contribution in [2.75, 3.05) is 44.6 Å². The summed E-state index contributed by atoms with van der Waals surface area (Å²) in [6, 6.07) is 7.49. The number of piperidine rings is 2. The summed E-state index contributed by atoms with van der Waals surface area (Å²) in [5.41, 5.74) is 2.17. The minimum absolute atomic E-state index is 0.0301. The predicted molar refractivity (Wildman–Crippen MR) is 174 cm³/mol. The van der Waals surface area contributed by atoms with Crippen LogP contribution in [0.5, 0.6) is 0 Å². The minimum atomic E-state index is -0.230. The Kier molecular flexibility index (Phi) is 8.23. The summed E-state index contributed by atoms with van der Waals surface area (Å²) in [6.45, 7) is 8.72. The van der Waals surface area contributed by atoms with Crippen LogP contribution in [-0.4, -0.2) is 118 Å². The quantitative estimate of drug-likeness (QED) is 0.370. The van der Waals surface area contributed by atoms with Crippen molar-refractivity contribution in [2.24, 2.45) is 5.92 Å². The van der Waals surface area contributed by atoms with E-state index in [1.807, 2.05) is 16.1 Å². The van der Waals surface area contributed by atoms with E-state index < -0.39 is 0 Å². The molecule has 0 spiro atoms. The van der Waals surface area contributed by atoms with Crippen molar-refractivity contribution in [1.82, 2.24) is 45.5 Å². The first kappa shape index (κ1) is 30.3. The first-order valence-corrected chi connectivity index (χ1v) is 17.3. The van der Waals surface area contributed by atoms with E-state index in [9.17, 15) is 9.59 Å². The number of nitrogens with zero attached hydrogens (tertiary/aromatic N) is 6. The van der Waals surface area contributed by atoms with Gasteiger partial charge in [-0.1, -0.05) is 12.2 Å². The molecule has 6 atom stereocenters. The van der Waals surface area contributed by atoms with Crippen molar-refractivity contribution >= 4 is 28.4 Å². The van der Waals surface area contributed by atoms with Crippen LogP contribution in [-0.2, 0) is 14.3 Å². The number of allylic oxidation sites excluding steroid dienone is 1. The van der Waals surface area contributed by atoms with E-state index in [1.165, 1.54) is 5.52 Å². The normalized spacial score (nSPS) is 33.9. The van der Waals surface area contributed by atoms with Crippen LogP contribution in [0.2, 0.25) is 0 Å². The highest BCUT2D eigenvalue weighted by molar-refractivity contribution is 5.83. The zero-order valence-corrected chi connectivity index (χ0v) is 27.0. The van der Waals surface area contributed by atoms with Gasteiger partial charge in [-0.15, -0.1) is 0 Å².